The van der Waals surface area contributed by atoms with Crippen molar-refractivity contribution in [2.24, 2.45) is 5.73 Å². The number of hydrogen-bond acceptors (Lipinski definition) is 6. The molecule has 19 heavy (non-hydrogen) atoms. The third kappa shape index (κ3) is 4.77. The number of nitrogens with two attached hydrogens (primary N) is 1. The molecule has 1 aliphatic rings. The SMILES string of the molecule is COC(=O)CS(=O)(=O)N(CC(N)=O)C1CCNCC1. The normalized spacial score (nSPS) is 17.4. The maximum atomic E-state index is 12.1. The van der Waals surface area contributed by atoms with Gasteiger partial charge in [-0.2, -0.15) is 4.31 Å². The molecule has 0 aromatic heterocycles. The molecule has 0 saturated carbocycles. The van der Waals surface area contributed by atoms with Gasteiger partial charge in [-0.05, 0) is 25.9 Å². The van der Waals surface area contributed by atoms with Gasteiger partial charge in [0, 0.05) is 6.04 Å². The van der Waals surface area contributed by atoms with Crippen LogP contribution < -0.4 is 11.1 Å². The Kier molecular flexibility index (Phi) is 5.70. The Morgan fingerprint density at radius 3 is 2.42 bits per heavy atom. The molecule has 0 aromatic carbocycles. The van der Waals surface area contributed by atoms with E-state index in [1.165, 1.54) is 0 Å². The lowest BCUT2D eigenvalue weighted by molar-refractivity contribution is -0.137. The van der Waals surface area contributed by atoms with Gasteiger partial charge in [0.15, 0.2) is 5.75 Å². The van der Waals surface area contributed by atoms with E-state index >= 15 is 0 Å². The summed E-state index contributed by atoms with van der Waals surface area (Å²) in [5.74, 6) is -2.38. The minimum absolute atomic E-state index is 0.316. The van der Waals surface area contributed by atoms with Crippen molar-refractivity contribution in [3.05, 3.63) is 0 Å². The van der Waals surface area contributed by atoms with Gasteiger partial charge >= 0.3 is 5.97 Å². The standard InChI is InChI=1S/C10H19N3O5S/c1-18-10(15)7-19(16,17)13(6-9(11)14)8-2-4-12-5-3-8/h8,12H,2-7H2,1H3,(H2,11,14). The van der Waals surface area contributed by atoms with Crippen LogP contribution in [-0.4, -0.2) is 63.1 Å². The number of carbonyl (C=O) groups is 2. The van der Waals surface area contributed by atoms with Crippen LogP contribution >= 0.6 is 0 Å². The third-order valence-corrected chi connectivity index (χ3v) is 4.66. The Balaban J connectivity index is 2.88. The van der Waals surface area contributed by atoms with E-state index in [0.29, 0.717) is 25.9 Å². The van der Waals surface area contributed by atoms with Crippen molar-refractivity contribution in [3.8, 4) is 0 Å². The van der Waals surface area contributed by atoms with E-state index in [1.54, 1.807) is 0 Å². The van der Waals surface area contributed by atoms with Gasteiger partial charge in [-0.1, -0.05) is 0 Å². The lowest BCUT2D eigenvalue weighted by atomic mass is 10.1. The van der Waals surface area contributed by atoms with E-state index in [2.05, 4.69) is 10.1 Å². The molecule has 8 nitrogen and oxygen atoms in total. The molecule has 0 aliphatic carbocycles. The molecule has 1 fully saturated rings. The van der Waals surface area contributed by atoms with Crippen molar-refractivity contribution in [1.82, 2.24) is 9.62 Å². The summed E-state index contributed by atoms with van der Waals surface area (Å²) in [5.41, 5.74) is 5.08. The zero-order chi connectivity index (χ0) is 14.5. The zero-order valence-corrected chi connectivity index (χ0v) is 11.6. The average molecular weight is 293 g/mol. The predicted octanol–water partition coefficient (Wildman–Crippen LogP) is -1.97. The van der Waals surface area contributed by atoms with Crippen LogP contribution in [0.25, 0.3) is 0 Å². The molecule has 0 aromatic rings. The first-order valence-electron chi connectivity index (χ1n) is 5.92. The second kappa shape index (κ2) is 6.83. The van der Waals surface area contributed by atoms with Gasteiger partial charge in [0.2, 0.25) is 15.9 Å². The topological polar surface area (TPSA) is 119 Å². The zero-order valence-electron chi connectivity index (χ0n) is 10.8. The molecule has 1 amide bonds. The first-order chi connectivity index (χ1) is 8.86. The number of carbonyl (C=O) groups excluding carboxylic acids is 2. The molecule has 0 bridgehead atoms. The number of nitrogens with one attached hydrogen (secondary N) is 1. The summed E-state index contributed by atoms with van der Waals surface area (Å²) in [6.07, 6.45) is 1.15. The molecule has 0 unspecified atom stereocenters. The van der Waals surface area contributed by atoms with Crippen LogP contribution in [0.3, 0.4) is 0 Å². The fraction of sp³-hybridized carbons (Fsp3) is 0.800. The van der Waals surface area contributed by atoms with E-state index in [-0.39, 0.29) is 6.04 Å². The number of hydrogen-bond donors (Lipinski definition) is 2. The summed E-state index contributed by atoms with van der Waals surface area (Å²) < 4.78 is 29.6. The second-order valence-corrected chi connectivity index (χ2v) is 6.25. The monoisotopic (exact) mass is 293 g/mol. The molecule has 1 heterocycles. The van der Waals surface area contributed by atoms with Gasteiger partial charge in [-0.25, -0.2) is 8.42 Å². The maximum absolute atomic E-state index is 12.1. The van der Waals surface area contributed by atoms with Crippen LogP contribution in [0.1, 0.15) is 12.8 Å². The van der Waals surface area contributed by atoms with Crippen molar-refractivity contribution in [2.45, 2.75) is 18.9 Å². The molecular weight excluding hydrogens is 274 g/mol. The smallest absolute Gasteiger partial charge is 0.322 e. The van der Waals surface area contributed by atoms with Gasteiger partial charge in [0.25, 0.3) is 0 Å². The van der Waals surface area contributed by atoms with Crippen LogP contribution in [0.2, 0.25) is 0 Å². The van der Waals surface area contributed by atoms with Crippen LogP contribution in [0.4, 0.5) is 0 Å². The van der Waals surface area contributed by atoms with Crippen molar-refractivity contribution >= 4 is 21.9 Å². The molecule has 9 heteroatoms. The summed E-state index contributed by atoms with van der Waals surface area (Å²) in [6, 6.07) is -0.316. The van der Waals surface area contributed by atoms with Crippen molar-refractivity contribution in [2.75, 3.05) is 32.5 Å². The molecule has 1 rings (SSSR count). The van der Waals surface area contributed by atoms with Crippen molar-refractivity contribution in [3.63, 3.8) is 0 Å². The van der Waals surface area contributed by atoms with E-state index < -0.39 is 34.2 Å². The number of methoxy groups -OCH3 is 1. The highest BCUT2D eigenvalue weighted by Gasteiger charge is 2.33. The molecule has 110 valence electrons. The molecule has 1 saturated heterocycles. The summed E-state index contributed by atoms with van der Waals surface area (Å²) in [6.45, 7) is 0.908. The van der Waals surface area contributed by atoms with E-state index in [9.17, 15) is 18.0 Å². The molecule has 0 spiro atoms. The highest BCUT2D eigenvalue weighted by Crippen LogP contribution is 2.16. The minimum Gasteiger partial charge on any atom is -0.468 e. The van der Waals surface area contributed by atoms with Crippen LogP contribution in [-0.2, 0) is 24.3 Å². The number of ether oxygens (including phenoxy) is 1. The first-order valence-corrected chi connectivity index (χ1v) is 7.53. The summed E-state index contributed by atoms with van der Waals surface area (Å²) in [7, 11) is -2.79. The Morgan fingerprint density at radius 1 is 1.37 bits per heavy atom. The second-order valence-electron chi connectivity index (χ2n) is 4.33. The summed E-state index contributed by atoms with van der Waals surface area (Å²) in [4.78, 5) is 22.2. The fourth-order valence-corrected chi connectivity index (χ4v) is 3.56. The molecule has 1 aliphatic heterocycles. The number of primary amides is 1. The van der Waals surface area contributed by atoms with Crippen molar-refractivity contribution < 1.29 is 22.7 Å². The van der Waals surface area contributed by atoms with Gasteiger partial charge in [0.1, 0.15) is 0 Å². The molecule has 3 N–H and O–H groups in total. The molecule has 0 radical (unpaired) electrons. The van der Waals surface area contributed by atoms with E-state index in [0.717, 1.165) is 11.4 Å². The number of rotatable bonds is 6. The largest absolute Gasteiger partial charge is 0.468 e. The van der Waals surface area contributed by atoms with Gasteiger partial charge in [0.05, 0.1) is 13.7 Å². The van der Waals surface area contributed by atoms with Crippen LogP contribution in [0.15, 0.2) is 0 Å². The maximum Gasteiger partial charge on any atom is 0.322 e. The number of amides is 1. The third-order valence-electron chi connectivity index (χ3n) is 2.91. The Labute approximate surface area is 112 Å². The number of esters is 1. The Bertz CT molecular complexity index is 430. The summed E-state index contributed by atoms with van der Waals surface area (Å²) >= 11 is 0. The molecule has 0 atom stereocenters. The first kappa shape index (κ1) is 15.9. The Hall–Kier alpha value is -1.19. The number of nitrogens with zero attached hydrogens (tertiary/aromatic N) is 1. The van der Waals surface area contributed by atoms with Gasteiger partial charge in [-0.15, -0.1) is 0 Å². The highest BCUT2D eigenvalue weighted by atomic mass is 32.2. The lowest BCUT2D eigenvalue weighted by Gasteiger charge is -2.32. The highest BCUT2D eigenvalue weighted by molar-refractivity contribution is 7.89. The number of sulfonamides is 1. The fourth-order valence-electron chi connectivity index (χ4n) is 1.99. The lowest BCUT2D eigenvalue weighted by Crippen LogP contribution is -2.50. The van der Waals surface area contributed by atoms with Gasteiger partial charge < -0.3 is 15.8 Å². The average Bonchev–Trinajstić information content (AvgIpc) is 2.36. The minimum atomic E-state index is -3.90. The number of piperidine rings is 1. The van der Waals surface area contributed by atoms with Crippen molar-refractivity contribution in [1.29, 1.82) is 0 Å². The van der Waals surface area contributed by atoms with Gasteiger partial charge in [-0.3, -0.25) is 9.59 Å². The summed E-state index contributed by atoms with van der Waals surface area (Å²) in [5, 5.41) is 3.10. The quantitative estimate of drug-likeness (QED) is 0.548. The molecular formula is C10H19N3O5S. The van der Waals surface area contributed by atoms with E-state index in [1.807, 2.05) is 0 Å². The van der Waals surface area contributed by atoms with E-state index in [4.69, 9.17) is 5.73 Å². The predicted molar refractivity (Wildman–Crippen MR) is 67.6 cm³/mol. The van der Waals surface area contributed by atoms with Crippen LogP contribution in [0.5, 0.6) is 0 Å². The van der Waals surface area contributed by atoms with Crippen LogP contribution in [0, 0.1) is 0 Å². The Morgan fingerprint density at radius 2 is 1.95 bits per heavy atom.